The van der Waals surface area contributed by atoms with Crippen LogP contribution in [0.1, 0.15) is 100 Å². The molecule has 0 saturated carbocycles. The van der Waals surface area contributed by atoms with Crippen LogP contribution in [0.5, 0.6) is 0 Å². The summed E-state index contributed by atoms with van der Waals surface area (Å²) in [6.45, 7) is 22.9. The number of carbonyl (C=O) groups excluding carboxylic acids is 6. The van der Waals surface area contributed by atoms with Gasteiger partial charge in [-0.25, -0.2) is 19.2 Å². The molecule has 63 heavy (non-hydrogen) atoms. The number of nitrogens with zero attached hydrogens (tertiary/aromatic N) is 6. The van der Waals surface area contributed by atoms with Gasteiger partial charge in [-0.05, 0) is 73.9 Å². The van der Waals surface area contributed by atoms with Gasteiger partial charge in [0.1, 0.15) is 37.4 Å². The number of hydrogen-bond donors (Lipinski definition) is 0. The first kappa shape index (κ1) is 60.1. The van der Waals surface area contributed by atoms with Gasteiger partial charge in [0.2, 0.25) is 11.8 Å². The van der Waals surface area contributed by atoms with E-state index in [-0.39, 0.29) is 49.2 Å². The van der Waals surface area contributed by atoms with E-state index in [0.717, 1.165) is 24.8 Å². The Morgan fingerprint density at radius 2 is 1.25 bits per heavy atom. The molecule has 1 aromatic carbocycles. The van der Waals surface area contributed by atoms with E-state index in [2.05, 4.69) is 11.9 Å². The third-order valence-electron chi connectivity index (χ3n) is 9.73. The molecule has 4 unspecified atom stereocenters. The van der Waals surface area contributed by atoms with E-state index in [0.29, 0.717) is 58.5 Å². The van der Waals surface area contributed by atoms with E-state index in [4.69, 9.17) is 28.4 Å². The molecule has 1 aliphatic heterocycles. The van der Waals surface area contributed by atoms with Crippen LogP contribution in [0.4, 0.5) is 9.59 Å². The summed E-state index contributed by atoms with van der Waals surface area (Å²) < 4.78 is 30.3. The number of unbranched alkanes of at least 4 members (excludes halogenated alkanes) is 1. The van der Waals surface area contributed by atoms with E-state index >= 15 is 0 Å². The topological polar surface area (TPSA) is 186 Å². The Bertz CT molecular complexity index is 1480. The lowest BCUT2D eigenvalue weighted by Gasteiger charge is -2.29. The first-order valence-corrected chi connectivity index (χ1v) is 21.9. The maximum absolute atomic E-state index is 12.0. The van der Waals surface area contributed by atoms with Crippen LogP contribution >= 0.6 is 0 Å². The Morgan fingerprint density at radius 3 is 1.75 bits per heavy atom. The molecule has 0 aromatic heterocycles. The highest BCUT2D eigenvalue weighted by atomic mass is 16.6. The van der Waals surface area contributed by atoms with Crippen molar-refractivity contribution in [2.75, 3.05) is 88.1 Å². The van der Waals surface area contributed by atoms with Gasteiger partial charge in [-0.15, -0.1) is 0 Å². The van der Waals surface area contributed by atoms with Crippen LogP contribution in [0.25, 0.3) is 0 Å². The van der Waals surface area contributed by atoms with Gasteiger partial charge in [-0.1, -0.05) is 57.5 Å². The van der Waals surface area contributed by atoms with Gasteiger partial charge in [0, 0.05) is 47.8 Å². The van der Waals surface area contributed by atoms with Gasteiger partial charge < -0.3 is 43.1 Å². The maximum Gasteiger partial charge on any atom is 0.410 e. The summed E-state index contributed by atoms with van der Waals surface area (Å²) in [5.41, 5.74) is 0.896. The van der Waals surface area contributed by atoms with E-state index in [1.54, 1.807) is 56.7 Å². The third kappa shape index (κ3) is 24.5. The first-order valence-electron chi connectivity index (χ1n) is 21.9. The van der Waals surface area contributed by atoms with Crippen molar-refractivity contribution in [2.24, 2.45) is 4.99 Å². The average Bonchev–Trinajstić information content (AvgIpc) is 3.85. The predicted octanol–water partition coefficient (Wildman–Crippen LogP) is 5.85. The number of aliphatic imine (C=N–C) groups is 1. The number of esters is 3. The smallest absolute Gasteiger partial charge is 0.410 e. The number of rotatable bonds is 21. The molecule has 0 aliphatic carbocycles. The number of methoxy groups -OCH3 is 1. The molecule has 4 amide bonds. The fourth-order valence-electron chi connectivity index (χ4n) is 4.93. The summed E-state index contributed by atoms with van der Waals surface area (Å²) in [4.78, 5) is 81.5. The number of urea groups is 1. The Labute approximate surface area is 377 Å². The normalized spacial score (nSPS) is 13.2. The molecular weight excluding hydrogens is 817 g/mol. The molecule has 0 spiro atoms. The average molecular weight is 897 g/mol. The van der Waals surface area contributed by atoms with Crippen LogP contribution in [-0.4, -0.2) is 179 Å². The number of likely N-dealkylation sites (N-methyl/N-ethyl adjacent to an activating group) is 4. The van der Waals surface area contributed by atoms with Crippen LogP contribution in [0.3, 0.4) is 0 Å². The van der Waals surface area contributed by atoms with E-state index in [1.165, 1.54) is 16.8 Å². The summed E-state index contributed by atoms with van der Waals surface area (Å²) in [5.74, 6) is -0.176. The van der Waals surface area contributed by atoms with Crippen LogP contribution in [-0.2, 0) is 54.2 Å². The summed E-state index contributed by atoms with van der Waals surface area (Å²) >= 11 is 0. The van der Waals surface area contributed by atoms with Gasteiger partial charge >= 0.3 is 30.0 Å². The van der Waals surface area contributed by atoms with Crippen molar-refractivity contribution >= 4 is 41.8 Å². The lowest BCUT2D eigenvalue weighted by molar-refractivity contribution is -0.151. The van der Waals surface area contributed by atoms with E-state index < -0.39 is 24.1 Å². The standard InChI is InChI=1S/C14H19NO4.C12H24N2O3.C10H21NO3.C9H16N2O2/c1-4-18-13(16)11(2)15(3)14(17)19-10-12-8-6-5-7-9-12;1-6-9-17-11(15)10(4)13(5)12(16)14(7-2)8-3;1-5-6-7-14-10(12)9(2)11(3)8-13-4;1-4-8(12)11(3)7(2)9-10-5-6-13-9/h5-9,11H,4,10H2,1-3H3;10H,6-9H2,1-5H3;9H,5-8H2,1-4H3;7H,4-6H2,1-3H3. The molecule has 18 nitrogen and oxygen atoms in total. The first-order chi connectivity index (χ1) is 29.8. The van der Waals surface area contributed by atoms with Crippen LogP contribution in [0.2, 0.25) is 0 Å². The fourth-order valence-corrected chi connectivity index (χ4v) is 4.93. The fraction of sp³-hybridized carbons (Fsp3) is 0.711. The number of amides is 4. The quantitative estimate of drug-likeness (QED) is 0.0620. The second-order valence-corrected chi connectivity index (χ2v) is 14.5. The van der Waals surface area contributed by atoms with Crippen LogP contribution in [0.15, 0.2) is 35.3 Å². The number of ether oxygens (including phenoxy) is 6. The molecule has 1 heterocycles. The summed E-state index contributed by atoms with van der Waals surface area (Å²) in [7, 11) is 8.34. The molecule has 18 heteroatoms. The minimum absolute atomic E-state index is 0.0325. The summed E-state index contributed by atoms with van der Waals surface area (Å²) in [6.07, 6.45) is 2.71. The molecule has 4 atom stereocenters. The minimum atomic E-state index is -0.664. The van der Waals surface area contributed by atoms with Crippen molar-refractivity contribution in [3.05, 3.63) is 35.9 Å². The molecule has 0 bridgehead atoms. The van der Waals surface area contributed by atoms with Crippen molar-refractivity contribution in [3.63, 3.8) is 0 Å². The van der Waals surface area contributed by atoms with Gasteiger partial charge in [0.25, 0.3) is 0 Å². The molecule has 0 radical (unpaired) electrons. The SMILES string of the molecule is CCC(=O)N(C)C(C)C1=NCCO1.CCCCOC(=O)C(C)N(C)COC.CCCOC(=O)C(C)N(C)C(=O)N(CC)CC.CCOC(=O)C(C)N(C)C(=O)OCc1ccccc1. The lowest BCUT2D eigenvalue weighted by atomic mass is 10.2. The van der Waals surface area contributed by atoms with Crippen molar-refractivity contribution < 1.29 is 57.2 Å². The van der Waals surface area contributed by atoms with Crippen LogP contribution < -0.4 is 0 Å². The zero-order valence-corrected chi connectivity index (χ0v) is 41.0. The zero-order valence-electron chi connectivity index (χ0n) is 41.0. The summed E-state index contributed by atoms with van der Waals surface area (Å²) in [5, 5.41) is 0. The number of carbonyl (C=O) groups is 6. The third-order valence-corrected chi connectivity index (χ3v) is 9.73. The lowest BCUT2D eigenvalue weighted by Crippen LogP contribution is -2.48. The Kier molecular flexibility index (Phi) is 33.9. The second kappa shape index (κ2) is 35.5. The molecule has 0 saturated heterocycles. The van der Waals surface area contributed by atoms with Crippen molar-refractivity contribution in [1.29, 1.82) is 0 Å². The number of hydrogen-bond acceptors (Lipinski definition) is 14. The Hall–Kier alpha value is -4.97. The Balaban J connectivity index is 0. The minimum Gasteiger partial charge on any atom is -0.478 e. The number of benzene rings is 1. The second-order valence-electron chi connectivity index (χ2n) is 14.5. The van der Waals surface area contributed by atoms with E-state index in [9.17, 15) is 28.8 Å². The molecule has 0 N–H and O–H groups in total. The van der Waals surface area contributed by atoms with Gasteiger partial charge in [0.15, 0.2) is 0 Å². The molecule has 1 aliphatic rings. The van der Waals surface area contributed by atoms with Gasteiger partial charge in [0.05, 0.1) is 33.1 Å². The van der Waals surface area contributed by atoms with Crippen LogP contribution in [0, 0.1) is 0 Å². The molecular formula is C45H80N6O12. The highest BCUT2D eigenvalue weighted by Gasteiger charge is 2.27. The highest BCUT2D eigenvalue weighted by molar-refractivity contribution is 5.88. The maximum atomic E-state index is 12.0. The Morgan fingerprint density at radius 1 is 0.698 bits per heavy atom. The van der Waals surface area contributed by atoms with Crippen molar-refractivity contribution in [1.82, 2.24) is 24.5 Å². The highest BCUT2D eigenvalue weighted by Crippen LogP contribution is 2.08. The molecule has 0 fully saturated rings. The predicted molar refractivity (Wildman–Crippen MR) is 243 cm³/mol. The summed E-state index contributed by atoms with van der Waals surface area (Å²) in [6, 6.07) is 7.72. The molecule has 362 valence electrons. The van der Waals surface area contributed by atoms with Crippen molar-refractivity contribution in [3.8, 4) is 0 Å². The van der Waals surface area contributed by atoms with Crippen molar-refractivity contribution in [2.45, 2.75) is 126 Å². The monoisotopic (exact) mass is 897 g/mol. The molecule has 1 aromatic rings. The van der Waals surface area contributed by atoms with Gasteiger partial charge in [-0.3, -0.25) is 24.4 Å². The largest absolute Gasteiger partial charge is 0.478 e. The zero-order chi connectivity index (χ0) is 48.5. The molecule has 2 rings (SSSR count). The van der Waals surface area contributed by atoms with Gasteiger partial charge in [-0.2, -0.15) is 0 Å². The van der Waals surface area contributed by atoms with E-state index in [1.807, 2.05) is 78.9 Å².